The molecule has 2 saturated heterocycles. The van der Waals surface area contributed by atoms with E-state index in [9.17, 15) is 22.3 Å². The summed E-state index contributed by atoms with van der Waals surface area (Å²) in [6, 6.07) is 5.76. The third-order valence-corrected chi connectivity index (χ3v) is 7.41. The van der Waals surface area contributed by atoms with Crippen LogP contribution in [-0.4, -0.2) is 81.7 Å². The lowest BCUT2D eigenvalue weighted by atomic mass is 10.1. The molecule has 2 aromatic heterocycles. The van der Waals surface area contributed by atoms with E-state index in [-0.39, 0.29) is 17.6 Å². The van der Waals surface area contributed by atoms with Crippen LogP contribution in [0, 0.1) is 0 Å². The molecule has 34 heavy (non-hydrogen) atoms. The first kappa shape index (κ1) is 22.9. The fourth-order valence-electron chi connectivity index (χ4n) is 4.29. The molecular formula is C21H25F2N7O3S. The quantitative estimate of drug-likeness (QED) is 0.534. The first-order chi connectivity index (χ1) is 16.0. The summed E-state index contributed by atoms with van der Waals surface area (Å²) in [6.07, 6.45) is 0.700. The lowest BCUT2D eigenvalue weighted by Crippen LogP contribution is -2.56. The van der Waals surface area contributed by atoms with Crippen molar-refractivity contribution in [2.24, 2.45) is 0 Å². The van der Waals surface area contributed by atoms with Crippen LogP contribution in [0.3, 0.4) is 0 Å². The third-order valence-electron chi connectivity index (χ3n) is 6.18. The molecule has 0 radical (unpaired) electrons. The molecule has 2 aliphatic heterocycles. The Morgan fingerprint density at radius 1 is 1.26 bits per heavy atom. The number of β-amino-alcohol motifs (C(OH)–C–C–N with tert-alkyl or cyclic N) is 1. The van der Waals surface area contributed by atoms with Gasteiger partial charge in [-0.1, -0.05) is 12.1 Å². The highest BCUT2D eigenvalue weighted by atomic mass is 32.2. The molecule has 2 aliphatic rings. The van der Waals surface area contributed by atoms with Crippen LogP contribution in [0.5, 0.6) is 0 Å². The average Bonchev–Trinajstić information content (AvgIpc) is 3.32. The molecule has 1 atom stereocenters. The zero-order chi connectivity index (χ0) is 24.3. The molecule has 3 aromatic rings. The molecule has 5 rings (SSSR count). The Bertz CT molecular complexity index is 1340. The second-order valence-corrected chi connectivity index (χ2v) is 11.1. The number of aromatic nitrogens is 4. The Morgan fingerprint density at radius 3 is 2.68 bits per heavy atom. The van der Waals surface area contributed by atoms with E-state index in [0.717, 1.165) is 6.26 Å². The molecule has 2 fully saturated rings. The fraction of sp³-hybridized carbons (Fsp3) is 0.476. The van der Waals surface area contributed by atoms with E-state index in [1.807, 2.05) is 4.90 Å². The first-order valence-corrected chi connectivity index (χ1v) is 12.7. The molecule has 182 valence electrons. The van der Waals surface area contributed by atoms with Crippen LogP contribution >= 0.6 is 0 Å². The van der Waals surface area contributed by atoms with Crippen molar-refractivity contribution in [3.05, 3.63) is 36.0 Å². The number of rotatable bonds is 6. The topological polar surface area (TPSA) is 116 Å². The number of halogens is 2. The molecule has 4 heterocycles. The van der Waals surface area contributed by atoms with Crippen molar-refractivity contribution in [2.75, 3.05) is 42.7 Å². The lowest BCUT2D eigenvalue weighted by molar-refractivity contribution is 0.0839. The smallest absolute Gasteiger partial charge is 0.263 e. The molecule has 10 nitrogen and oxygen atoms in total. The predicted octanol–water partition coefficient (Wildman–Crippen LogP) is 1.77. The van der Waals surface area contributed by atoms with Gasteiger partial charge >= 0.3 is 0 Å². The van der Waals surface area contributed by atoms with Crippen molar-refractivity contribution in [1.82, 2.24) is 24.1 Å². The lowest BCUT2D eigenvalue weighted by Gasteiger charge is -2.37. The Hall–Kier alpha value is -2.90. The molecular weight excluding hydrogens is 468 g/mol. The number of nitrogens with one attached hydrogen (secondary N) is 1. The van der Waals surface area contributed by atoms with Gasteiger partial charge in [0.1, 0.15) is 5.82 Å². The van der Waals surface area contributed by atoms with E-state index >= 15 is 0 Å². The molecule has 0 spiro atoms. The summed E-state index contributed by atoms with van der Waals surface area (Å²) >= 11 is 0. The largest absolute Gasteiger partial charge is 0.388 e. The van der Waals surface area contributed by atoms with Gasteiger partial charge in [-0.15, -0.1) is 0 Å². The van der Waals surface area contributed by atoms with E-state index in [1.54, 1.807) is 19.2 Å². The molecule has 0 aliphatic carbocycles. The maximum absolute atomic E-state index is 13.3. The summed E-state index contributed by atoms with van der Waals surface area (Å²) in [6.45, 7) is 3.30. The number of aliphatic hydroxyl groups is 1. The van der Waals surface area contributed by atoms with Crippen LogP contribution in [0.4, 0.5) is 20.5 Å². The summed E-state index contributed by atoms with van der Waals surface area (Å²) in [7, 11) is -3.26. The zero-order valence-electron chi connectivity index (χ0n) is 18.7. The fourth-order valence-corrected chi connectivity index (χ4v) is 5.19. The number of benzene rings is 1. The van der Waals surface area contributed by atoms with Crippen LogP contribution in [0.25, 0.3) is 16.7 Å². The highest BCUT2D eigenvalue weighted by Crippen LogP contribution is 2.33. The van der Waals surface area contributed by atoms with Gasteiger partial charge in [-0.25, -0.2) is 21.9 Å². The number of hydrogen-bond acceptors (Lipinski definition) is 8. The number of nitrogens with zero attached hydrogens (tertiary/aromatic N) is 6. The van der Waals surface area contributed by atoms with E-state index in [2.05, 4.69) is 20.4 Å². The van der Waals surface area contributed by atoms with Gasteiger partial charge in [-0.3, -0.25) is 0 Å². The molecule has 0 saturated carbocycles. The van der Waals surface area contributed by atoms with Crippen LogP contribution in [0.1, 0.15) is 25.3 Å². The Balaban J connectivity index is 1.55. The minimum atomic E-state index is -3.26. The van der Waals surface area contributed by atoms with Crippen molar-refractivity contribution >= 4 is 32.8 Å². The number of sulfonamides is 1. The Labute approximate surface area is 195 Å². The summed E-state index contributed by atoms with van der Waals surface area (Å²) in [5.74, 6) is 0.847. The van der Waals surface area contributed by atoms with Gasteiger partial charge in [0, 0.05) is 31.7 Å². The number of anilines is 2. The molecule has 1 aromatic carbocycles. The van der Waals surface area contributed by atoms with Gasteiger partial charge in [-0.2, -0.15) is 19.4 Å². The maximum atomic E-state index is 13.3. The van der Waals surface area contributed by atoms with E-state index in [4.69, 9.17) is 0 Å². The maximum Gasteiger partial charge on any atom is 0.263 e. The first-order valence-electron chi connectivity index (χ1n) is 10.8. The van der Waals surface area contributed by atoms with Gasteiger partial charge in [0.25, 0.3) is 6.43 Å². The van der Waals surface area contributed by atoms with E-state index in [0.29, 0.717) is 55.1 Å². The second-order valence-electron chi connectivity index (χ2n) is 9.15. The summed E-state index contributed by atoms with van der Waals surface area (Å²) in [4.78, 5) is 11.2. The van der Waals surface area contributed by atoms with E-state index < -0.39 is 22.0 Å². The minimum Gasteiger partial charge on any atom is -0.388 e. The summed E-state index contributed by atoms with van der Waals surface area (Å²) < 4.78 is 52.7. The van der Waals surface area contributed by atoms with Crippen LogP contribution in [-0.2, 0) is 10.0 Å². The van der Waals surface area contributed by atoms with Gasteiger partial charge in [0.15, 0.2) is 5.65 Å². The van der Waals surface area contributed by atoms with Crippen LogP contribution in [0.2, 0.25) is 0 Å². The van der Waals surface area contributed by atoms with Crippen LogP contribution in [0.15, 0.2) is 30.5 Å². The second kappa shape index (κ2) is 8.10. The number of alkyl halides is 2. The highest BCUT2D eigenvalue weighted by molar-refractivity contribution is 7.88. The number of fused-ring (bicyclic) bond motifs is 1. The molecule has 0 bridgehead atoms. The van der Waals surface area contributed by atoms with Crippen LogP contribution < -0.4 is 10.2 Å². The van der Waals surface area contributed by atoms with Crippen molar-refractivity contribution in [3.8, 4) is 5.69 Å². The zero-order valence-corrected chi connectivity index (χ0v) is 19.5. The van der Waals surface area contributed by atoms with Crippen molar-refractivity contribution in [2.45, 2.75) is 31.4 Å². The van der Waals surface area contributed by atoms with Gasteiger partial charge in [0.05, 0.1) is 35.2 Å². The normalized spacial score (nSPS) is 22.0. The predicted molar refractivity (Wildman–Crippen MR) is 123 cm³/mol. The summed E-state index contributed by atoms with van der Waals surface area (Å²) in [5.41, 5.74) is -0.135. The number of hydrogen-bond donors (Lipinski definition) is 2. The third kappa shape index (κ3) is 4.30. The van der Waals surface area contributed by atoms with Crippen molar-refractivity contribution < 1.29 is 22.3 Å². The average molecular weight is 494 g/mol. The molecule has 13 heteroatoms. The van der Waals surface area contributed by atoms with Gasteiger partial charge in [-0.05, 0) is 25.5 Å². The van der Waals surface area contributed by atoms with E-state index in [1.165, 1.54) is 27.2 Å². The molecule has 0 unspecified atom stereocenters. The molecule has 2 N–H and O–H groups in total. The minimum absolute atomic E-state index is 0.125. The Kier molecular flexibility index (Phi) is 5.45. The van der Waals surface area contributed by atoms with Crippen molar-refractivity contribution in [1.29, 1.82) is 0 Å². The van der Waals surface area contributed by atoms with Gasteiger partial charge in [0.2, 0.25) is 16.0 Å². The summed E-state index contributed by atoms with van der Waals surface area (Å²) in [5, 5.41) is 18.7. The highest BCUT2D eigenvalue weighted by Gasteiger charge is 2.36. The molecule has 0 amide bonds. The monoisotopic (exact) mass is 493 g/mol. The standard InChI is InChI=1S/C21H25F2N7O3S/c1-21(31)6-7-28(12-21)18-16-9-24-30(15-5-3-4-13(8-15)17(22)23)19(16)27-20(26-18)25-14-10-29(11-14)34(2,32)33/h3-5,8-9,14,17,31H,6-7,10-12H2,1-2H3,(H,25,26,27)/t21-/m1/s1. The SMILES string of the molecule is C[C@@]1(O)CCN(c2nc(NC3CN(S(C)(=O)=O)C3)nc3c2cnn3-c2cccc(C(F)F)c2)C1. The van der Waals surface area contributed by atoms with Crippen molar-refractivity contribution in [3.63, 3.8) is 0 Å². The Morgan fingerprint density at radius 2 is 2.03 bits per heavy atom. The van der Waals surface area contributed by atoms with Gasteiger partial charge < -0.3 is 15.3 Å².